The fourth-order valence-corrected chi connectivity index (χ4v) is 2.02. The van der Waals surface area contributed by atoms with Gasteiger partial charge in [0.15, 0.2) is 0 Å². The topological polar surface area (TPSA) is 56.2 Å². The van der Waals surface area contributed by atoms with Crippen molar-refractivity contribution in [1.29, 1.82) is 0 Å². The molecule has 5 heteroatoms. The number of rotatable bonds is 3. The fraction of sp³-hybridized carbons (Fsp3) is 0.286. The first-order valence-electron chi connectivity index (χ1n) is 5.97. The van der Waals surface area contributed by atoms with Crippen molar-refractivity contribution < 1.29 is 9.53 Å². The molecule has 2 aromatic rings. The van der Waals surface area contributed by atoms with Gasteiger partial charge in [-0.2, -0.15) is 0 Å². The second kappa shape index (κ2) is 5.14. The van der Waals surface area contributed by atoms with Gasteiger partial charge in [-0.25, -0.2) is 0 Å². The fourth-order valence-electron chi connectivity index (χ4n) is 2.02. The van der Waals surface area contributed by atoms with E-state index in [-0.39, 0.29) is 5.91 Å². The van der Waals surface area contributed by atoms with Crippen LogP contribution in [0.1, 0.15) is 21.5 Å². The number of nitrogens with one attached hydrogen (secondary N) is 1. The maximum Gasteiger partial charge on any atom is 0.262 e. The Morgan fingerprint density at radius 1 is 1.26 bits per heavy atom. The zero-order valence-electron chi connectivity index (χ0n) is 11.5. The number of nitrogens with zero attached hydrogens (tertiary/aromatic N) is 2. The van der Waals surface area contributed by atoms with Crippen LogP contribution in [-0.4, -0.2) is 22.8 Å². The van der Waals surface area contributed by atoms with E-state index in [0.29, 0.717) is 11.4 Å². The lowest BCUT2D eigenvalue weighted by Crippen LogP contribution is -2.12. The minimum atomic E-state index is -0.227. The molecule has 1 amide bonds. The quantitative estimate of drug-likeness (QED) is 0.920. The molecule has 0 saturated carbocycles. The summed E-state index contributed by atoms with van der Waals surface area (Å²) >= 11 is 0. The molecule has 19 heavy (non-hydrogen) atoms. The van der Waals surface area contributed by atoms with E-state index in [0.717, 1.165) is 16.8 Å². The third-order valence-corrected chi connectivity index (χ3v) is 2.71. The Balaban J connectivity index is 2.25. The van der Waals surface area contributed by atoms with Crippen LogP contribution in [0.5, 0.6) is 5.88 Å². The average molecular weight is 259 g/mol. The van der Waals surface area contributed by atoms with Gasteiger partial charge in [-0.3, -0.25) is 9.48 Å². The van der Waals surface area contributed by atoms with E-state index in [1.54, 1.807) is 17.9 Å². The summed E-state index contributed by atoms with van der Waals surface area (Å²) in [5, 5.41) is 6.92. The minimum absolute atomic E-state index is 0.227. The normalized spacial score (nSPS) is 10.3. The molecule has 0 aliphatic heterocycles. The van der Waals surface area contributed by atoms with Crippen molar-refractivity contribution in [3.05, 3.63) is 41.1 Å². The minimum Gasteiger partial charge on any atom is -0.479 e. The van der Waals surface area contributed by atoms with Crippen LogP contribution in [0.25, 0.3) is 0 Å². The third-order valence-electron chi connectivity index (χ3n) is 2.71. The van der Waals surface area contributed by atoms with E-state index in [1.165, 1.54) is 7.11 Å². The number of amides is 1. The first-order valence-corrected chi connectivity index (χ1v) is 5.97. The molecule has 0 fully saturated rings. The average Bonchev–Trinajstić information content (AvgIpc) is 2.69. The maximum atomic E-state index is 12.2. The zero-order chi connectivity index (χ0) is 14.0. The van der Waals surface area contributed by atoms with Crippen molar-refractivity contribution in [2.24, 2.45) is 7.05 Å². The SMILES string of the molecule is COc1nn(C)cc1C(=O)Nc1cc(C)cc(C)c1. The molecule has 2 rings (SSSR count). The Kier molecular flexibility index (Phi) is 3.55. The van der Waals surface area contributed by atoms with Gasteiger partial charge in [-0.15, -0.1) is 5.10 Å². The Morgan fingerprint density at radius 3 is 2.47 bits per heavy atom. The number of hydrogen-bond acceptors (Lipinski definition) is 3. The van der Waals surface area contributed by atoms with Crippen molar-refractivity contribution in [1.82, 2.24) is 9.78 Å². The van der Waals surface area contributed by atoms with Crippen LogP contribution in [0.4, 0.5) is 5.69 Å². The number of hydrogen-bond donors (Lipinski definition) is 1. The molecule has 0 atom stereocenters. The van der Waals surface area contributed by atoms with E-state index >= 15 is 0 Å². The van der Waals surface area contributed by atoms with E-state index < -0.39 is 0 Å². The lowest BCUT2D eigenvalue weighted by atomic mass is 10.1. The molecule has 0 radical (unpaired) electrons. The zero-order valence-corrected chi connectivity index (χ0v) is 11.5. The molecule has 1 heterocycles. The second-order valence-electron chi connectivity index (χ2n) is 4.56. The standard InChI is InChI=1S/C14H17N3O2/c1-9-5-10(2)7-11(6-9)15-13(18)12-8-17(3)16-14(12)19-4/h5-8H,1-4H3,(H,15,18). The van der Waals surface area contributed by atoms with Gasteiger partial charge in [-0.05, 0) is 37.1 Å². The summed E-state index contributed by atoms with van der Waals surface area (Å²) in [6.45, 7) is 3.99. The summed E-state index contributed by atoms with van der Waals surface area (Å²) < 4.78 is 6.63. The van der Waals surface area contributed by atoms with Gasteiger partial charge in [0.25, 0.3) is 5.91 Å². The summed E-state index contributed by atoms with van der Waals surface area (Å²) in [6, 6.07) is 5.90. The van der Waals surface area contributed by atoms with Gasteiger partial charge in [0.05, 0.1) is 7.11 Å². The van der Waals surface area contributed by atoms with Gasteiger partial charge < -0.3 is 10.1 Å². The number of aromatic nitrogens is 2. The van der Waals surface area contributed by atoms with Crippen molar-refractivity contribution in [3.8, 4) is 5.88 Å². The van der Waals surface area contributed by atoms with Gasteiger partial charge in [0, 0.05) is 18.9 Å². The molecule has 5 nitrogen and oxygen atoms in total. The highest BCUT2D eigenvalue weighted by molar-refractivity contribution is 6.05. The number of carbonyl (C=O) groups is 1. The highest BCUT2D eigenvalue weighted by atomic mass is 16.5. The van der Waals surface area contributed by atoms with Crippen molar-refractivity contribution in [3.63, 3.8) is 0 Å². The van der Waals surface area contributed by atoms with Gasteiger partial charge >= 0.3 is 0 Å². The molecule has 0 spiro atoms. The number of ether oxygens (including phenoxy) is 1. The van der Waals surface area contributed by atoms with Gasteiger partial charge in [-0.1, -0.05) is 6.07 Å². The van der Waals surface area contributed by atoms with Crippen molar-refractivity contribution in [2.45, 2.75) is 13.8 Å². The Hall–Kier alpha value is -2.30. The van der Waals surface area contributed by atoms with Crippen molar-refractivity contribution >= 4 is 11.6 Å². The van der Waals surface area contributed by atoms with Crippen LogP contribution in [0.15, 0.2) is 24.4 Å². The van der Waals surface area contributed by atoms with Crippen LogP contribution in [0, 0.1) is 13.8 Å². The summed E-state index contributed by atoms with van der Waals surface area (Å²) in [7, 11) is 3.24. The van der Waals surface area contributed by atoms with E-state index in [1.807, 2.05) is 26.0 Å². The van der Waals surface area contributed by atoms with Crippen LogP contribution in [0.3, 0.4) is 0 Å². The Labute approximate surface area is 112 Å². The number of anilines is 1. The molecule has 1 N–H and O–H groups in total. The molecular formula is C14H17N3O2. The predicted octanol–water partition coefficient (Wildman–Crippen LogP) is 2.30. The lowest BCUT2D eigenvalue weighted by molar-refractivity contribution is 0.102. The highest BCUT2D eigenvalue weighted by Crippen LogP contribution is 2.19. The lowest BCUT2D eigenvalue weighted by Gasteiger charge is -2.07. The summed E-state index contributed by atoms with van der Waals surface area (Å²) in [5.74, 6) is 0.0966. The predicted molar refractivity (Wildman–Crippen MR) is 73.6 cm³/mol. The second-order valence-corrected chi connectivity index (χ2v) is 4.56. The van der Waals surface area contributed by atoms with Crippen LogP contribution in [-0.2, 0) is 7.05 Å². The molecule has 0 aliphatic rings. The molecule has 1 aromatic heterocycles. The largest absolute Gasteiger partial charge is 0.479 e. The van der Waals surface area contributed by atoms with Crippen LogP contribution >= 0.6 is 0 Å². The first-order chi connectivity index (χ1) is 8.99. The van der Waals surface area contributed by atoms with Crippen LogP contribution in [0.2, 0.25) is 0 Å². The van der Waals surface area contributed by atoms with Crippen LogP contribution < -0.4 is 10.1 Å². The molecule has 0 unspecified atom stereocenters. The van der Waals surface area contributed by atoms with E-state index in [4.69, 9.17) is 4.74 Å². The Morgan fingerprint density at radius 2 is 1.89 bits per heavy atom. The van der Waals surface area contributed by atoms with Gasteiger partial charge in [0.2, 0.25) is 5.88 Å². The molecule has 100 valence electrons. The monoisotopic (exact) mass is 259 g/mol. The number of benzene rings is 1. The highest BCUT2D eigenvalue weighted by Gasteiger charge is 2.16. The van der Waals surface area contributed by atoms with Gasteiger partial charge in [0.1, 0.15) is 5.56 Å². The smallest absolute Gasteiger partial charge is 0.262 e. The number of aryl methyl sites for hydroxylation is 3. The van der Waals surface area contributed by atoms with Crippen molar-refractivity contribution in [2.75, 3.05) is 12.4 Å². The number of carbonyl (C=O) groups excluding carboxylic acids is 1. The maximum absolute atomic E-state index is 12.2. The molecular weight excluding hydrogens is 242 g/mol. The molecule has 0 saturated heterocycles. The summed E-state index contributed by atoms with van der Waals surface area (Å²) in [4.78, 5) is 12.2. The third kappa shape index (κ3) is 2.93. The summed E-state index contributed by atoms with van der Waals surface area (Å²) in [5.41, 5.74) is 3.40. The first kappa shape index (κ1) is 13.1. The number of methoxy groups -OCH3 is 1. The summed E-state index contributed by atoms with van der Waals surface area (Å²) in [6.07, 6.45) is 1.64. The Bertz CT molecular complexity index is 597. The van der Waals surface area contributed by atoms with E-state index in [2.05, 4.69) is 16.5 Å². The molecule has 0 aliphatic carbocycles. The van der Waals surface area contributed by atoms with E-state index in [9.17, 15) is 4.79 Å². The molecule has 0 bridgehead atoms. The molecule has 1 aromatic carbocycles.